The first-order valence-electron chi connectivity index (χ1n) is 5.69. The number of hydrogen-bond donors (Lipinski definition) is 1. The van der Waals surface area contributed by atoms with E-state index in [0.717, 1.165) is 22.8 Å². The highest BCUT2D eigenvalue weighted by atomic mass is 79.9. The van der Waals surface area contributed by atoms with Crippen molar-refractivity contribution in [3.63, 3.8) is 0 Å². The van der Waals surface area contributed by atoms with E-state index in [1.54, 1.807) is 23.5 Å². The Balaban J connectivity index is 2.16. The van der Waals surface area contributed by atoms with Crippen molar-refractivity contribution in [3.8, 4) is 11.3 Å². The summed E-state index contributed by atoms with van der Waals surface area (Å²) >= 11 is 4.80. The summed E-state index contributed by atoms with van der Waals surface area (Å²) < 4.78 is 13.6. The third-order valence-corrected chi connectivity index (χ3v) is 3.89. The molecule has 1 aromatic carbocycles. The molecular weight excluding hydrogens is 315 g/mol. The Hall–Kier alpha value is -0.780. The van der Waals surface area contributed by atoms with Gasteiger partial charge < -0.3 is 5.32 Å². The second kappa shape index (κ2) is 5.91. The van der Waals surface area contributed by atoms with Gasteiger partial charge in [0.15, 0.2) is 0 Å². The van der Waals surface area contributed by atoms with Gasteiger partial charge in [-0.1, -0.05) is 13.8 Å². The zero-order chi connectivity index (χ0) is 13.1. The summed E-state index contributed by atoms with van der Waals surface area (Å²) in [5, 5.41) is 6.36. The number of thiazole rings is 1. The molecule has 0 unspecified atom stereocenters. The lowest BCUT2D eigenvalue weighted by molar-refractivity contribution is 0.587. The summed E-state index contributed by atoms with van der Waals surface area (Å²) in [6.45, 7) is 4.97. The van der Waals surface area contributed by atoms with E-state index >= 15 is 0 Å². The fraction of sp³-hybridized carbons (Fsp3) is 0.308. The average Bonchev–Trinajstić information content (AvgIpc) is 2.79. The highest BCUT2D eigenvalue weighted by Gasteiger charge is 2.07. The molecule has 2 rings (SSSR count). The van der Waals surface area contributed by atoms with Crippen LogP contribution in [0.1, 0.15) is 18.9 Å². The van der Waals surface area contributed by atoms with Gasteiger partial charge in [0, 0.05) is 23.5 Å². The fourth-order valence-electron chi connectivity index (χ4n) is 1.47. The first kappa shape index (κ1) is 13.6. The van der Waals surface area contributed by atoms with Crippen LogP contribution in [-0.2, 0) is 6.54 Å². The van der Waals surface area contributed by atoms with E-state index in [9.17, 15) is 4.39 Å². The van der Waals surface area contributed by atoms with Crippen molar-refractivity contribution < 1.29 is 4.39 Å². The Kier molecular flexibility index (Phi) is 4.48. The summed E-state index contributed by atoms with van der Waals surface area (Å²) in [6.07, 6.45) is 0. The molecule has 0 aliphatic carbocycles. The first-order valence-corrected chi connectivity index (χ1v) is 7.36. The van der Waals surface area contributed by atoms with Gasteiger partial charge in [0.2, 0.25) is 0 Å². The van der Waals surface area contributed by atoms with Crippen LogP contribution < -0.4 is 5.32 Å². The third-order valence-electron chi connectivity index (χ3n) is 2.43. The van der Waals surface area contributed by atoms with E-state index in [4.69, 9.17) is 0 Å². The molecule has 0 aliphatic heterocycles. The lowest BCUT2D eigenvalue weighted by Gasteiger charge is -2.04. The first-order chi connectivity index (χ1) is 8.56. The molecule has 0 spiro atoms. The molecule has 1 N–H and O–H groups in total. The summed E-state index contributed by atoms with van der Waals surface area (Å²) in [6, 6.07) is 5.39. The molecular formula is C13H14BrFN2S. The van der Waals surface area contributed by atoms with Crippen LogP contribution in [0.2, 0.25) is 0 Å². The van der Waals surface area contributed by atoms with Crippen molar-refractivity contribution >= 4 is 27.3 Å². The number of aromatic nitrogens is 1. The number of benzene rings is 1. The smallest absolute Gasteiger partial charge is 0.137 e. The lowest BCUT2D eigenvalue weighted by Crippen LogP contribution is -2.21. The van der Waals surface area contributed by atoms with Crippen LogP contribution in [0, 0.1) is 5.82 Å². The summed E-state index contributed by atoms with van der Waals surface area (Å²) in [5.74, 6) is -0.254. The van der Waals surface area contributed by atoms with E-state index in [2.05, 4.69) is 40.1 Å². The van der Waals surface area contributed by atoms with E-state index in [1.807, 2.05) is 5.38 Å². The average molecular weight is 329 g/mol. The summed E-state index contributed by atoms with van der Waals surface area (Å²) in [7, 11) is 0. The van der Waals surface area contributed by atoms with Gasteiger partial charge in [-0.15, -0.1) is 11.3 Å². The number of halogens is 2. The predicted octanol–water partition coefficient (Wildman–Crippen LogP) is 4.21. The maximum absolute atomic E-state index is 13.2. The van der Waals surface area contributed by atoms with Crippen LogP contribution in [0.4, 0.5) is 4.39 Å². The minimum atomic E-state index is -0.254. The fourth-order valence-corrected chi connectivity index (χ4v) is 2.60. The van der Waals surface area contributed by atoms with Crippen molar-refractivity contribution in [3.05, 3.63) is 38.9 Å². The van der Waals surface area contributed by atoms with Crippen LogP contribution in [0.3, 0.4) is 0 Å². The molecule has 0 saturated heterocycles. The monoisotopic (exact) mass is 328 g/mol. The second-order valence-corrected chi connectivity index (χ2v) is 6.09. The molecule has 0 fully saturated rings. The van der Waals surface area contributed by atoms with E-state index in [1.165, 1.54) is 6.07 Å². The molecule has 1 heterocycles. The molecule has 0 amide bonds. The van der Waals surface area contributed by atoms with Gasteiger partial charge in [-0.05, 0) is 34.1 Å². The number of nitrogens with zero attached hydrogens (tertiary/aromatic N) is 1. The number of nitrogens with one attached hydrogen (secondary N) is 1. The van der Waals surface area contributed by atoms with Crippen LogP contribution >= 0.6 is 27.3 Å². The van der Waals surface area contributed by atoms with Gasteiger partial charge >= 0.3 is 0 Å². The largest absolute Gasteiger partial charge is 0.308 e. The van der Waals surface area contributed by atoms with Gasteiger partial charge in [-0.25, -0.2) is 9.37 Å². The van der Waals surface area contributed by atoms with E-state index in [-0.39, 0.29) is 5.82 Å². The van der Waals surface area contributed by atoms with Gasteiger partial charge in [0.1, 0.15) is 10.8 Å². The Morgan fingerprint density at radius 1 is 1.44 bits per heavy atom. The zero-order valence-electron chi connectivity index (χ0n) is 10.2. The molecule has 96 valence electrons. The Morgan fingerprint density at radius 2 is 2.22 bits per heavy atom. The molecule has 0 atom stereocenters. The topological polar surface area (TPSA) is 24.9 Å². The predicted molar refractivity (Wildman–Crippen MR) is 77.2 cm³/mol. The van der Waals surface area contributed by atoms with Crippen LogP contribution in [0.15, 0.2) is 28.1 Å². The summed E-state index contributed by atoms with van der Waals surface area (Å²) in [5.41, 5.74) is 1.82. The molecule has 0 saturated carbocycles. The molecule has 0 radical (unpaired) electrons. The minimum Gasteiger partial charge on any atom is -0.308 e. The molecule has 1 aromatic heterocycles. The van der Waals surface area contributed by atoms with Crippen LogP contribution in [-0.4, -0.2) is 11.0 Å². The van der Waals surface area contributed by atoms with E-state index < -0.39 is 0 Å². The normalized spacial score (nSPS) is 11.2. The van der Waals surface area contributed by atoms with Crippen molar-refractivity contribution in [2.45, 2.75) is 26.4 Å². The molecule has 2 nitrogen and oxygen atoms in total. The number of hydrogen-bond acceptors (Lipinski definition) is 3. The highest BCUT2D eigenvalue weighted by molar-refractivity contribution is 9.10. The SMILES string of the molecule is CC(C)NCc1nc(-c2ccc(F)c(Br)c2)cs1. The zero-order valence-corrected chi connectivity index (χ0v) is 12.6. The van der Waals surface area contributed by atoms with Crippen LogP contribution in [0.25, 0.3) is 11.3 Å². The third kappa shape index (κ3) is 3.37. The minimum absolute atomic E-state index is 0.254. The maximum Gasteiger partial charge on any atom is 0.137 e. The number of rotatable bonds is 4. The van der Waals surface area contributed by atoms with Crippen molar-refractivity contribution in [2.75, 3.05) is 0 Å². The van der Waals surface area contributed by atoms with Gasteiger partial charge in [-0.3, -0.25) is 0 Å². The Morgan fingerprint density at radius 3 is 2.89 bits per heavy atom. The van der Waals surface area contributed by atoms with Crippen molar-refractivity contribution in [1.29, 1.82) is 0 Å². The standard InChI is InChI=1S/C13H14BrFN2S/c1-8(2)16-6-13-17-12(7-18-13)9-3-4-11(15)10(14)5-9/h3-5,7-8,16H,6H2,1-2H3. The molecule has 0 aliphatic rings. The Bertz CT molecular complexity index is 540. The molecule has 5 heteroatoms. The van der Waals surface area contributed by atoms with E-state index in [0.29, 0.717) is 10.5 Å². The van der Waals surface area contributed by atoms with Crippen molar-refractivity contribution in [2.24, 2.45) is 0 Å². The highest BCUT2D eigenvalue weighted by Crippen LogP contribution is 2.26. The molecule has 2 aromatic rings. The second-order valence-electron chi connectivity index (χ2n) is 4.29. The van der Waals surface area contributed by atoms with Gasteiger partial charge in [0.25, 0.3) is 0 Å². The molecule has 18 heavy (non-hydrogen) atoms. The lowest BCUT2D eigenvalue weighted by atomic mass is 10.2. The van der Waals surface area contributed by atoms with Gasteiger partial charge in [0.05, 0.1) is 10.2 Å². The quantitative estimate of drug-likeness (QED) is 0.909. The summed E-state index contributed by atoms with van der Waals surface area (Å²) in [4.78, 5) is 4.54. The van der Waals surface area contributed by atoms with Crippen molar-refractivity contribution in [1.82, 2.24) is 10.3 Å². The van der Waals surface area contributed by atoms with Gasteiger partial charge in [-0.2, -0.15) is 0 Å². The Labute approximate surface area is 118 Å². The maximum atomic E-state index is 13.2. The van der Waals surface area contributed by atoms with Crippen LogP contribution in [0.5, 0.6) is 0 Å². The molecule has 0 bridgehead atoms.